The van der Waals surface area contributed by atoms with Gasteiger partial charge in [-0.05, 0) is 90.9 Å². The van der Waals surface area contributed by atoms with E-state index in [0.717, 1.165) is 37.4 Å². The minimum Gasteiger partial charge on any atom is -0.512 e. The third-order valence-electron chi connectivity index (χ3n) is 10.2. The molecular formula is C26H40O2. The van der Waals surface area contributed by atoms with E-state index in [1.807, 2.05) is 0 Å². The molecule has 0 heterocycles. The van der Waals surface area contributed by atoms with Gasteiger partial charge in [-0.3, -0.25) is 0 Å². The second kappa shape index (κ2) is 6.62. The molecule has 7 atom stereocenters. The zero-order chi connectivity index (χ0) is 19.7. The second-order valence-electron chi connectivity index (χ2n) is 11.5. The first kappa shape index (κ1) is 19.2. The Bertz CT molecular complexity index is 699. The summed E-state index contributed by atoms with van der Waals surface area (Å²) in [6.07, 6.45) is 15.6. The molecule has 28 heavy (non-hydrogen) atoms. The molecule has 3 saturated carbocycles. The molecule has 3 fully saturated rings. The normalized spacial score (nSPS) is 49.3. The van der Waals surface area contributed by atoms with E-state index in [9.17, 15) is 10.2 Å². The smallest absolute Gasteiger partial charge is 0.0926 e. The Hall–Kier alpha value is -0.760. The van der Waals surface area contributed by atoms with E-state index in [2.05, 4.69) is 26.8 Å². The lowest BCUT2D eigenvalue weighted by Gasteiger charge is -2.59. The third-order valence-corrected chi connectivity index (χ3v) is 10.2. The highest BCUT2D eigenvalue weighted by Crippen LogP contribution is 2.68. The molecule has 0 aromatic heterocycles. The summed E-state index contributed by atoms with van der Waals surface area (Å²) >= 11 is 0. The van der Waals surface area contributed by atoms with Gasteiger partial charge in [-0.1, -0.05) is 51.7 Å². The van der Waals surface area contributed by atoms with Gasteiger partial charge < -0.3 is 10.2 Å². The molecule has 5 rings (SSSR count). The van der Waals surface area contributed by atoms with Crippen LogP contribution in [0.4, 0.5) is 0 Å². The average Bonchev–Trinajstić information content (AvgIpc) is 2.94. The minimum absolute atomic E-state index is 0.132. The van der Waals surface area contributed by atoms with Gasteiger partial charge in [0.25, 0.3) is 0 Å². The first-order valence-corrected chi connectivity index (χ1v) is 12.2. The predicted octanol–water partition coefficient (Wildman–Crippen LogP) is 6.56. The zero-order valence-electron chi connectivity index (χ0n) is 18.2. The van der Waals surface area contributed by atoms with E-state index in [1.165, 1.54) is 50.5 Å². The molecule has 2 N–H and O–H groups in total. The summed E-state index contributed by atoms with van der Waals surface area (Å²) < 4.78 is 0. The number of aliphatic hydroxyl groups is 2. The molecule has 0 bridgehead atoms. The minimum atomic E-state index is -0.132. The highest BCUT2D eigenvalue weighted by Gasteiger charge is 2.60. The number of hydrogen-bond donors (Lipinski definition) is 2. The van der Waals surface area contributed by atoms with Crippen LogP contribution in [0.3, 0.4) is 0 Å². The molecule has 0 spiro atoms. The fourth-order valence-corrected chi connectivity index (χ4v) is 8.78. The van der Waals surface area contributed by atoms with Crippen molar-refractivity contribution in [2.45, 2.75) is 97.5 Å². The Balaban J connectivity index is 1.49. The maximum atomic E-state index is 11.2. The van der Waals surface area contributed by atoms with Crippen LogP contribution in [0.25, 0.3) is 0 Å². The monoisotopic (exact) mass is 384 g/mol. The summed E-state index contributed by atoms with van der Waals surface area (Å²) in [7, 11) is 0. The molecule has 0 saturated heterocycles. The van der Waals surface area contributed by atoms with Crippen molar-refractivity contribution in [1.82, 2.24) is 0 Å². The van der Waals surface area contributed by atoms with Crippen molar-refractivity contribution in [3.05, 3.63) is 23.0 Å². The van der Waals surface area contributed by atoms with Crippen LogP contribution in [0.1, 0.15) is 91.4 Å². The van der Waals surface area contributed by atoms with Gasteiger partial charge >= 0.3 is 0 Å². The van der Waals surface area contributed by atoms with Gasteiger partial charge in [0.15, 0.2) is 0 Å². The molecule has 2 heteroatoms. The van der Waals surface area contributed by atoms with Gasteiger partial charge in [-0.2, -0.15) is 0 Å². The van der Waals surface area contributed by atoms with E-state index in [-0.39, 0.29) is 16.9 Å². The SMILES string of the molecule is CC1C=C2CC(O)CC[C@]2(C)[C@@H]2CC[C@]3(C)C(C4CCCCC4)=C(O)C[C@H]3[C@H]12. The number of allylic oxidation sites excluding steroid dienone is 3. The lowest BCUT2D eigenvalue weighted by Crippen LogP contribution is -2.52. The number of aliphatic hydroxyl groups excluding tert-OH is 2. The second-order valence-corrected chi connectivity index (χ2v) is 11.5. The van der Waals surface area contributed by atoms with Crippen LogP contribution in [0.2, 0.25) is 0 Å². The predicted molar refractivity (Wildman–Crippen MR) is 114 cm³/mol. The number of rotatable bonds is 1. The molecule has 0 aliphatic heterocycles. The summed E-state index contributed by atoms with van der Waals surface area (Å²) in [4.78, 5) is 0. The van der Waals surface area contributed by atoms with Gasteiger partial charge in [-0.15, -0.1) is 0 Å². The highest BCUT2D eigenvalue weighted by atomic mass is 16.3. The lowest BCUT2D eigenvalue weighted by molar-refractivity contribution is -0.0510. The van der Waals surface area contributed by atoms with Gasteiger partial charge in [0.1, 0.15) is 0 Å². The summed E-state index contributed by atoms with van der Waals surface area (Å²) in [5.74, 6) is 4.02. The Morgan fingerprint density at radius 2 is 1.61 bits per heavy atom. The number of fused-ring (bicyclic) bond motifs is 5. The quantitative estimate of drug-likeness (QED) is 0.503. The van der Waals surface area contributed by atoms with Crippen molar-refractivity contribution in [1.29, 1.82) is 0 Å². The van der Waals surface area contributed by atoms with Gasteiger partial charge in [0.2, 0.25) is 0 Å². The van der Waals surface area contributed by atoms with Crippen LogP contribution in [-0.4, -0.2) is 16.3 Å². The first-order valence-electron chi connectivity index (χ1n) is 12.2. The van der Waals surface area contributed by atoms with Crippen molar-refractivity contribution in [3.8, 4) is 0 Å². The zero-order valence-corrected chi connectivity index (χ0v) is 18.2. The van der Waals surface area contributed by atoms with Crippen LogP contribution in [-0.2, 0) is 0 Å². The standard InChI is InChI=1S/C26H40O2/c1-16-13-18-14-19(27)9-11-25(18,2)20-10-12-26(3)21(23(16)20)15-22(28)24(26)17-7-5-4-6-8-17/h13,16-17,19-21,23,27-28H,4-12,14-15H2,1-3H3/t16?,19?,20-,21+,23-,25+,26+/m1/s1. The van der Waals surface area contributed by atoms with E-state index < -0.39 is 0 Å². The molecule has 5 aliphatic rings. The van der Waals surface area contributed by atoms with Crippen molar-refractivity contribution >= 4 is 0 Å². The van der Waals surface area contributed by atoms with Crippen LogP contribution in [0.5, 0.6) is 0 Å². The first-order chi connectivity index (χ1) is 13.3. The summed E-state index contributed by atoms with van der Waals surface area (Å²) in [5, 5.41) is 21.4. The van der Waals surface area contributed by atoms with Crippen molar-refractivity contribution in [3.63, 3.8) is 0 Å². The largest absolute Gasteiger partial charge is 0.512 e. The lowest BCUT2D eigenvalue weighted by atomic mass is 9.45. The van der Waals surface area contributed by atoms with Crippen LogP contribution in [0.15, 0.2) is 23.0 Å². The molecule has 156 valence electrons. The topological polar surface area (TPSA) is 40.5 Å². The van der Waals surface area contributed by atoms with Crippen molar-refractivity contribution in [2.75, 3.05) is 0 Å². The van der Waals surface area contributed by atoms with E-state index >= 15 is 0 Å². The number of hydrogen-bond acceptors (Lipinski definition) is 2. The molecule has 0 aromatic rings. The van der Waals surface area contributed by atoms with E-state index in [0.29, 0.717) is 23.7 Å². The van der Waals surface area contributed by atoms with Crippen molar-refractivity contribution < 1.29 is 10.2 Å². The Labute approximate surface area is 171 Å². The molecular weight excluding hydrogens is 344 g/mol. The summed E-state index contributed by atoms with van der Waals surface area (Å²) in [6, 6.07) is 0. The maximum Gasteiger partial charge on any atom is 0.0926 e. The summed E-state index contributed by atoms with van der Waals surface area (Å²) in [5.41, 5.74) is 3.53. The molecule has 0 radical (unpaired) electrons. The summed E-state index contributed by atoms with van der Waals surface area (Å²) in [6.45, 7) is 7.44. The van der Waals surface area contributed by atoms with E-state index in [1.54, 1.807) is 5.57 Å². The third kappa shape index (κ3) is 2.62. The molecule has 2 unspecified atom stereocenters. The Morgan fingerprint density at radius 1 is 0.893 bits per heavy atom. The molecule has 5 aliphatic carbocycles. The van der Waals surface area contributed by atoms with Crippen molar-refractivity contribution in [2.24, 2.45) is 40.4 Å². The van der Waals surface area contributed by atoms with Crippen LogP contribution < -0.4 is 0 Å². The molecule has 0 aromatic carbocycles. The van der Waals surface area contributed by atoms with Gasteiger partial charge in [0, 0.05) is 6.42 Å². The molecule has 0 amide bonds. The van der Waals surface area contributed by atoms with Crippen LogP contribution >= 0.6 is 0 Å². The maximum absolute atomic E-state index is 11.2. The fraction of sp³-hybridized carbons (Fsp3) is 0.846. The Kier molecular flexibility index (Phi) is 4.55. The van der Waals surface area contributed by atoms with Gasteiger partial charge in [-0.25, -0.2) is 0 Å². The van der Waals surface area contributed by atoms with Crippen LogP contribution in [0, 0.1) is 40.4 Å². The fourth-order valence-electron chi connectivity index (χ4n) is 8.78. The molecule has 2 nitrogen and oxygen atoms in total. The Morgan fingerprint density at radius 3 is 2.36 bits per heavy atom. The van der Waals surface area contributed by atoms with Gasteiger partial charge in [0.05, 0.1) is 11.9 Å². The van der Waals surface area contributed by atoms with E-state index in [4.69, 9.17) is 0 Å². The highest BCUT2D eigenvalue weighted by molar-refractivity contribution is 5.34. The average molecular weight is 385 g/mol.